The number of amides is 3. The molecule has 0 spiro atoms. The number of hydrogen-bond donors (Lipinski definition) is 1. The number of likely N-dealkylation sites (N-methyl/N-ethyl adjacent to an activating group) is 1. The molecule has 1 fully saturated rings. The van der Waals surface area contributed by atoms with Crippen molar-refractivity contribution in [2.24, 2.45) is 5.41 Å². The maximum Gasteiger partial charge on any atom is 0.338 e. The second-order valence-electron chi connectivity index (χ2n) is 10.4. The predicted molar refractivity (Wildman–Crippen MR) is 156 cm³/mol. The Hall–Kier alpha value is -3.39. The maximum atomic E-state index is 13.5. The second kappa shape index (κ2) is 14.3. The number of nitrogens with zero attached hydrogens (tertiary/aromatic N) is 2. The van der Waals surface area contributed by atoms with E-state index in [-0.39, 0.29) is 11.9 Å². The fourth-order valence-corrected chi connectivity index (χ4v) is 5.22. The van der Waals surface area contributed by atoms with Gasteiger partial charge in [0.05, 0.1) is 11.6 Å². The van der Waals surface area contributed by atoms with Crippen molar-refractivity contribution in [2.75, 3.05) is 26.2 Å². The number of urea groups is 1. The third kappa shape index (κ3) is 6.84. The minimum Gasteiger partial charge on any atom is -0.469 e. The molecule has 1 N–H and O–H groups in total. The van der Waals surface area contributed by atoms with E-state index in [4.69, 9.17) is 9.47 Å². The summed E-state index contributed by atoms with van der Waals surface area (Å²) in [6.07, 6.45) is 1.97. The monoisotopic (exact) mass is 551 g/mol. The normalized spacial score (nSPS) is 16.8. The van der Waals surface area contributed by atoms with E-state index in [1.165, 1.54) is 4.90 Å². The average molecular weight is 552 g/mol. The molecule has 1 heterocycles. The number of β-lactam (4-membered cyclic amide) rings is 1. The maximum absolute atomic E-state index is 13.5. The molecule has 1 aliphatic rings. The predicted octanol–water partition coefficient (Wildman–Crippen LogP) is 6.10. The molecule has 0 aromatic heterocycles. The third-order valence-electron chi connectivity index (χ3n) is 8.06. The highest BCUT2D eigenvalue weighted by Crippen LogP contribution is 2.46. The van der Waals surface area contributed by atoms with Crippen LogP contribution in [0.5, 0.6) is 5.75 Å². The van der Waals surface area contributed by atoms with E-state index in [0.717, 1.165) is 37.1 Å². The smallest absolute Gasteiger partial charge is 0.338 e. The molecule has 3 amide bonds. The first-order valence-electron chi connectivity index (χ1n) is 14.6. The molecule has 8 heteroatoms. The van der Waals surface area contributed by atoms with Gasteiger partial charge in [0.25, 0.3) is 0 Å². The number of carbonyl (C=O) groups excluding carboxylic acids is 3. The quantitative estimate of drug-likeness (QED) is 0.226. The summed E-state index contributed by atoms with van der Waals surface area (Å²) < 4.78 is 11.7. The molecule has 1 aliphatic heterocycles. The van der Waals surface area contributed by atoms with Gasteiger partial charge in [0, 0.05) is 6.54 Å². The second-order valence-corrected chi connectivity index (χ2v) is 10.4. The third-order valence-corrected chi connectivity index (χ3v) is 8.06. The van der Waals surface area contributed by atoms with Crippen molar-refractivity contribution in [3.8, 4) is 5.75 Å². The summed E-state index contributed by atoms with van der Waals surface area (Å²) in [5.74, 6) is -0.148. The van der Waals surface area contributed by atoms with Crippen LogP contribution in [0.1, 0.15) is 87.8 Å². The summed E-state index contributed by atoms with van der Waals surface area (Å²) in [6.45, 7) is 14.9. The van der Waals surface area contributed by atoms with Crippen molar-refractivity contribution in [3.05, 3.63) is 65.2 Å². The van der Waals surface area contributed by atoms with Crippen LogP contribution in [0.2, 0.25) is 0 Å². The number of nitrogens with one attached hydrogen (secondary N) is 1. The van der Waals surface area contributed by atoms with Crippen LogP contribution in [0.4, 0.5) is 4.79 Å². The molecule has 0 radical (unpaired) electrons. The summed E-state index contributed by atoms with van der Waals surface area (Å²) in [6, 6.07) is 14.1. The lowest BCUT2D eigenvalue weighted by atomic mass is 9.72. The molecular formula is C32H45N3O5. The number of imide groups is 1. The fourth-order valence-electron chi connectivity index (χ4n) is 5.22. The first kappa shape index (κ1) is 31.1. The van der Waals surface area contributed by atoms with Gasteiger partial charge in [0.1, 0.15) is 17.8 Å². The number of hydrogen-bond acceptors (Lipinski definition) is 6. The molecule has 218 valence electrons. The van der Waals surface area contributed by atoms with Crippen LogP contribution in [0.15, 0.2) is 48.5 Å². The molecule has 3 rings (SSSR count). The fraction of sp³-hybridized carbons (Fsp3) is 0.531. The zero-order chi connectivity index (χ0) is 29.3. The molecule has 40 heavy (non-hydrogen) atoms. The highest BCUT2D eigenvalue weighted by atomic mass is 16.5. The Kier molecular flexibility index (Phi) is 11.1. The van der Waals surface area contributed by atoms with E-state index in [0.29, 0.717) is 37.3 Å². The van der Waals surface area contributed by atoms with Crippen molar-refractivity contribution in [1.82, 2.24) is 15.1 Å². The standard InChI is InChI=1S/C32H45N3O5/c1-7-12-27(24-15-13-23(6)14-16-24)33-31(38)35-29(37)32(8-2,9-3)30(35)40-26-19-17-25(18-20-26)28(36)39-22-21-34(10-4)11-5/h13-20,27,30H,7-12,21-22H2,1-6H3,(H,33,38)/t27-,30+/m1/s1. The number of likely N-dealkylation sites (tertiary alicyclic amines) is 1. The van der Waals surface area contributed by atoms with Gasteiger partial charge in [-0.3, -0.25) is 4.79 Å². The molecule has 0 bridgehead atoms. The lowest BCUT2D eigenvalue weighted by Gasteiger charge is -2.53. The number of benzene rings is 2. The van der Waals surface area contributed by atoms with Crippen LogP contribution in [-0.4, -0.2) is 60.2 Å². The zero-order valence-electron chi connectivity index (χ0n) is 24.9. The average Bonchev–Trinajstić information content (AvgIpc) is 2.96. The topological polar surface area (TPSA) is 88.2 Å². The number of carbonyl (C=O) groups is 3. The number of ether oxygens (including phenoxy) is 2. The minimum atomic E-state index is -0.788. The molecule has 1 saturated heterocycles. The van der Waals surface area contributed by atoms with E-state index in [9.17, 15) is 14.4 Å². The summed E-state index contributed by atoms with van der Waals surface area (Å²) >= 11 is 0. The Labute approximate surface area is 239 Å². The van der Waals surface area contributed by atoms with Crippen molar-refractivity contribution in [1.29, 1.82) is 0 Å². The van der Waals surface area contributed by atoms with Crippen LogP contribution >= 0.6 is 0 Å². The van der Waals surface area contributed by atoms with Gasteiger partial charge in [-0.1, -0.05) is 70.9 Å². The molecule has 2 aromatic rings. The lowest BCUT2D eigenvalue weighted by molar-refractivity contribution is -0.191. The van der Waals surface area contributed by atoms with Gasteiger partial charge in [0.15, 0.2) is 6.23 Å². The van der Waals surface area contributed by atoms with Gasteiger partial charge >= 0.3 is 12.0 Å². The highest BCUT2D eigenvalue weighted by molar-refractivity contribution is 6.03. The van der Waals surface area contributed by atoms with Crippen LogP contribution in [0.3, 0.4) is 0 Å². The number of aryl methyl sites for hydroxylation is 1. The van der Waals surface area contributed by atoms with Crippen LogP contribution < -0.4 is 10.1 Å². The van der Waals surface area contributed by atoms with Crippen LogP contribution in [0, 0.1) is 12.3 Å². The first-order chi connectivity index (χ1) is 19.2. The van der Waals surface area contributed by atoms with E-state index in [1.807, 2.05) is 45.0 Å². The molecule has 0 saturated carbocycles. The van der Waals surface area contributed by atoms with E-state index in [2.05, 4.69) is 31.0 Å². The van der Waals surface area contributed by atoms with Gasteiger partial charge in [-0.15, -0.1) is 0 Å². The van der Waals surface area contributed by atoms with Gasteiger partial charge in [-0.2, -0.15) is 0 Å². The summed E-state index contributed by atoms with van der Waals surface area (Å²) in [5, 5.41) is 3.07. The van der Waals surface area contributed by atoms with Crippen molar-refractivity contribution >= 4 is 17.9 Å². The molecule has 0 aliphatic carbocycles. The van der Waals surface area contributed by atoms with Crippen LogP contribution in [0.25, 0.3) is 0 Å². The minimum absolute atomic E-state index is 0.211. The first-order valence-corrected chi connectivity index (χ1v) is 14.6. The van der Waals surface area contributed by atoms with Gasteiger partial charge in [-0.25, -0.2) is 14.5 Å². The number of rotatable bonds is 14. The van der Waals surface area contributed by atoms with Crippen LogP contribution in [-0.2, 0) is 9.53 Å². The Morgan fingerprint density at radius 1 is 0.975 bits per heavy atom. The van der Waals surface area contributed by atoms with Gasteiger partial charge < -0.3 is 19.7 Å². The molecule has 8 nitrogen and oxygen atoms in total. The molecule has 0 unspecified atom stereocenters. The zero-order valence-corrected chi connectivity index (χ0v) is 24.9. The summed E-state index contributed by atoms with van der Waals surface area (Å²) in [4.78, 5) is 42.7. The van der Waals surface area contributed by atoms with Gasteiger partial charge in [0.2, 0.25) is 5.91 Å². The number of esters is 1. The Morgan fingerprint density at radius 3 is 2.15 bits per heavy atom. The Balaban J connectivity index is 1.72. The van der Waals surface area contributed by atoms with Crippen molar-refractivity contribution in [3.63, 3.8) is 0 Å². The lowest BCUT2D eigenvalue weighted by Crippen LogP contribution is -2.73. The van der Waals surface area contributed by atoms with Gasteiger partial charge in [-0.05, 0) is 69.1 Å². The Morgan fingerprint density at radius 2 is 1.60 bits per heavy atom. The largest absolute Gasteiger partial charge is 0.469 e. The summed E-state index contributed by atoms with van der Waals surface area (Å²) in [7, 11) is 0. The van der Waals surface area contributed by atoms with Crippen molar-refractivity contribution < 1.29 is 23.9 Å². The SMILES string of the molecule is CCC[C@@H](NC(=O)N1C(=O)C(CC)(CC)[C@@H]1Oc1ccc(C(=O)OCCN(CC)CC)cc1)c1ccc(C)cc1. The molecule has 2 aromatic carbocycles. The Bertz CT molecular complexity index is 1120. The molecule has 2 atom stereocenters. The highest BCUT2D eigenvalue weighted by Gasteiger charge is 2.63. The molecular weight excluding hydrogens is 506 g/mol. The van der Waals surface area contributed by atoms with E-state index < -0.39 is 23.6 Å². The summed E-state index contributed by atoms with van der Waals surface area (Å²) in [5.41, 5.74) is 1.78. The van der Waals surface area contributed by atoms with E-state index >= 15 is 0 Å². The van der Waals surface area contributed by atoms with E-state index in [1.54, 1.807) is 24.3 Å². The van der Waals surface area contributed by atoms with Crippen molar-refractivity contribution in [2.45, 2.75) is 79.5 Å².